The summed E-state index contributed by atoms with van der Waals surface area (Å²) in [5.74, 6) is 1.71. The van der Waals surface area contributed by atoms with E-state index in [0.717, 1.165) is 50.5 Å². The van der Waals surface area contributed by atoms with Crippen molar-refractivity contribution in [1.82, 2.24) is 0 Å². The molecule has 3 nitrogen and oxygen atoms in total. The van der Waals surface area contributed by atoms with E-state index in [1.54, 1.807) is 0 Å². The zero-order valence-corrected chi connectivity index (χ0v) is 17.5. The third-order valence-electron chi connectivity index (χ3n) is 6.45. The van der Waals surface area contributed by atoms with Gasteiger partial charge in [-0.05, 0) is 64.4 Å². The summed E-state index contributed by atoms with van der Waals surface area (Å²) in [6.07, 6.45) is 0. The van der Waals surface area contributed by atoms with E-state index in [1.165, 1.54) is 5.39 Å². The minimum Gasteiger partial charge on any atom is -0.457 e. The summed E-state index contributed by atoms with van der Waals surface area (Å²) in [6, 6.07) is 37.4. The quantitative estimate of drug-likeness (QED) is 0.318. The van der Waals surface area contributed by atoms with Crippen molar-refractivity contribution in [1.29, 1.82) is 0 Å². The lowest BCUT2D eigenvalue weighted by Crippen LogP contribution is -2.34. The number of benzene rings is 5. The van der Waals surface area contributed by atoms with Crippen molar-refractivity contribution < 1.29 is 4.74 Å². The third-order valence-corrected chi connectivity index (χ3v) is 6.45. The topological polar surface area (TPSA) is 61.3 Å². The molecule has 0 fully saturated rings. The molecule has 0 spiro atoms. The van der Waals surface area contributed by atoms with Gasteiger partial charge >= 0.3 is 0 Å². The SMILES string of the molecule is Nc1ccc(C2(c3ccc(N)cc3)c3ccccc3Oc3cc4ccccc4cc32)cc1. The standard InChI is InChI=1S/C29H22N2O/c30-23-13-9-21(10-14-23)29(22-11-15-24(31)16-12-22)25-7-3-4-8-27(25)32-28-18-20-6-2-1-5-19(20)17-26(28)29/h1-18H,30-31H2. The van der Waals surface area contributed by atoms with Gasteiger partial charge in [-0.15, -0.1) is 0 Å². The monoisotopic (exact) mass is 414 g/mol. The molecule has 1 heterocycles. The van der Waals surface area contributed by atoms with E-state index in [0.29, 0.717) is 0 Å². The van der Waals surface area contributed by atoms with Gasteiger partial charge in [0.15, 0.2) is 0 Å². The molecule has 154 valence electrons. The van der Waals surface area contributed by atoms with Crippen LogP contribution in [0.4, 0.5) is 11.4 Å². The molecule has 0 unspecified atom stereocenters. The molecular weight excluding hydrogens is 392 g/mol. The summed E-state index contributed by atoms with van der Waals surface area (Å²) in [4.78, 5) is 0. The average molecular weight is 415 g/mol. The second-order valence-corrected chi connectivity index (χ2v) is 8.29. The van der Waals surface area contributed by atoms with E-state index >= 15 is 0 Å². The zero-order chi connectivity index (χ0) is 21.7. The number of anilines is 2. The van der Waals surface area contributed by atoms with Crippen molar-refractivity contribution in [3.63, 3.8) is 0 Å². The fourth-order valence-electron chi connectivity index (χ4n) is 4.98. The Morgan fingerprint density at radius 2 is 1.03 bits per heavy atom. The van der Waals surface area contributed by atoms with Gasteiger partial charge in [-0.1, -0.05) is 66.7 Å². The van der Waals surface area contributed by atoms with Crippen LogP contribution in [0, 0.1) is 0 Å². The minimum atomic E-state index is -0.574. The Labute approximate surface area is 186 Å². The Balaban J connectivity index is 1.80. The molecule has 32 heavy (non-hydrogen) atoms. The molecule has 0 aromatic heterocycles. The van der Waals surface area contributed by atoms with Crippen molar-refractivity contribution in [2.45, 2.75) is 5.41 Å². The molecule has 0 saturated heterocycles. The number of fused-ring (bicyclic) bond motifs is 3. The molecule has 0 radical (unpaired) electrons. The molecular formula is C29H22N2O. The number of nitrogen functional groups attached to an aromatic ring is 2. The van der Waals surface area contributed by atoms with E-state index in [9.17, 15) is 0 Å². The summed E-state index contributed by atoms with van der Waals surface area (Å²) in [5, 5.41) is 2.32. The number of hydrogen-bond acceptors (Lipinski definition) is 3. The first-order valence-corrected chi connectivity index (χ1v) is 10.7. The summed E-state index contributed by atoms with van der Waals surface area (Å²) < 4.78 is 6.48. The molecule has 4 N–H and O–H groups in total. The lowest BCUT2D eigenvalue weighted by molar-refractivity contribution is 0.435. The summed E-state index contributed by atoms with van der Waals surface area (Å²) in [5.41, 5.74) is 17.5. The Morgan fingerprint density at radius 1 is 0.500 bits per heavy atom. The largest absolute Gasteiger partial charge is 0.457 e. The summed E-state index contributed by atoms with van der Waals surface area (Å²) in [7, 11) is 0. The molecule has 5 aromatic rings. The van der Waals surface area contributed by atoms with Crippen LogP contribution in [-0.4, -0.2) is 0 Å². The lowest BCUT2D eigenvalue weighted by atomic mass is 9.63. The number of para-hydroxylation sites is 1. The maximum atomic E-state index is 6.48. The molecule has 0 aliphatic carbocycles. The van der Waals surface area contributed by atoms with Gasteiger partial charge in [-0.2, -0.15) is 0 Å². The predicted molar refractivity (Wildman–Crippen MR) is 131 cm³/mol. The molecule has 0 amide bonds. The average Bonchev–Trinajstić information content (AvgIpc) is 2.83. The Bertz CT molecular complexity index is 1410. The van der Waals surface area contributed by atoms with E-state index in [4.69, 9.17) is 16.2 Å². The van der Waals surface area contributed by atoms with Crippen molar-refractivity contribution in [3.05, 3.63) is 131 Å². The second kappa shape index (κ2) is 6.89. The van der Waals surface area contributed by atoms with Crippen LogP contribution in [-0.2, 0) is 5.41 Å². The first-order valence-electron chi connectivity index (χ1n) is 10.7. The Morgan fingerprint density at radius 3 is 1.66 bits per heavy atom. The van der Waals surface area contributed by atoms with E-state index in [2.05, 4.69) is 72.8 Å². The first kappa shape index (κ1) is 18.5. The van der Waals surface area contributed by atoms with Crippen molar-refractivity contribution in [3.8, 4) is 11.5 Å². The van der Waals surface area contributed by atoms with Crippen LogP contribution in [0.5, 0.6) is 11.5 Å². The van der Waals surface area contributed by atoms with Crippen LogP contribution >= 0.6 is 0 Å². The lowest BCUT2D eigenvalue weighted by Gasteiger charge is -2.41. The van der Waals surface area contributed by atoms with Crippen LogP contribution in [0.3, 0.4) is 0 Å². The molecule has 1 aliphatic rings. The molecule has 0 atom stereocenters. The van der Waals surface area contributed by atoms with Gasteiger partial charge in [0.25, 0.3) is 0 Å². The van der Waals surface area contributed by atoms with Crippen molar-refractivity contribution in [2.24, 2.45) is 0 Å². The molecule has 0 saturated carbocycles. The normalized spacial score (nSPS) is 13.8. The first-order chi connectivity index (χ1) is 15.7. The number of ether oxygens (including phenoxy) is 1. The number of hydrogen-bond donors (Lipinski definition) is 2. The highest BCUT2D eigenvalue weighted by Gasteiger charge is 2.45. The van der Waals surface area contributed by atoms with Crippen molar-refractivity contribution >= 4 is 22.1 Å². The van der Waals surface area contributed by atoms with Gasteiger partial charge in [-0.3, -0.25) is 0 Å². The van der Waals surface area contributed by atoms with Crippen LogP contribution in [0.2, 0.25) is 0 Å². The Kier molecular flexibility index (Phi) is 3.99. The highest BCUT2D eigenvalue weighted by atomic mass is 16.5. The number of nitrogens with two attached hydrogens (primary N) is 2. The smallest absolute Gasteiger partial charge is 0.132 e. The maximum absolute atomic E-state index is 6.48. The van der Waals surface area contributed by atoms with E-state index in [1.807, 2.05) is 36.4 Å². The summed E-state index contributed by atoms with van der Waals surface area (Å²) >= 11 is 0. The number of rotatable bonds is 2. The predicted octanol–water partition coefficient (Wildman–Crippen LogP) is 6.49. The maximum Gasteiger partial charge on any atom is 0.132 e. The molecule has 0 bridgehead atoms. The summed E-state index contributed by atoms with van der Waals surface area (Å²) in [6.45, 7) is 0. The molecule has 5 aromatic carbocycles. The fraction of sp³-hybridized carbons (Fsp3) is 0.0345. The van der Waals surface area contributed by atoms with Gasteiger partial charge in [0.2, 0.25) is 0 Å². The highest BCUT2D eigenvalue weighted by molar-refractivity contribution is 5.87. The van der Waals surface area contributed by atoms with Crippen LogP contribution in [0.1, 0.15) is 22.3 Å². The molecule has 6 rings (SSSR count). The van der Waals surface area contributed by atoms with Gasteiger partial charge < -0.3 is 16.2 Å². The van der Waals surface area contributed by atoms with Crippen molar-refractivity contribution in [2.75, 3.05) is 11.5 Å². The zero-order valence-electron chi connectivity index (χ0n) is 17.5. The van der Waals surface area contributed by atoms with Gasteiger partial charge in [0.05, 0.1) is 5.41 Å². The fourth-order valence-corrected chi connectivity index (χ4v) is 4.98. The second-order valence-electron chi connectivity index (χ2n) is 8.29. The molecule has 1 aliphatic heterocycles. The van der Waals surface area contributed by atoms with Gasteiger partial charge in [0, 0.05) is 22.5 Å². The van der Waals surface area contributed by atoms with E-state index < -0.39 is 5.41 Å². The van der Waals surface area contributed by atoms with Crippen LogP contribution < -0.4 is 16.2 Å². The minimum absolute atomic E-state index is 0.574. The van der Waals surface area contributed by atoms with Crippen LogP contribution in [0.15, 0.2) is 109 Å². The Hall–Kier alpha value is -4.24. The van der Waals surface area contributed by atoms with Gasteiger partial charge in [-0.25, -0.2) is 0 Å². The van der Waals surface area contributed by atoms with E-state index in [-0.39, 0.29) is 0 Å². The molecule has 3 heteroatoms. The van der Waals surface area contributed by atoms with Gasteiger partial charge in [0.1, 0.15) is 11.5 Å². The third kappa shape index (κ3) is 2.61. The van der Waals surface area contributed by atoms with Crippen LogP contribution in [0.25, 0.3) is 10.8 Å². The highest BCUT2D eigenvalue weighted by Crippen LogP contribution is 2.56.